The van der Waals surface area contributed by atoms with E-state index < -0.39 is 0 Å². The highest BCUT2D eigenvalue weighted by molar-refractivity contribution is 7.13. The molecular formula is C21H32N2S. The van der Waals surface area contributed by atoms with Crippen molar-refractivity contribution in [3.05, 3.63) is 47.0 Å². The van der Waals surface area contributed by atoms with E-state index in [1.807, 2.05) is 0 Å². The molecule has 0 aliphatic heterocycles. The van der Waals surface area contributed by atoms with Crippen molar-refractivity contribution in [3.63, 3.8) is 0 Å². The van der Waals surface area contributed by atoms with Gasteiger partial charge in [-0.05, 0) is 37.2 Å². The van der Waals surface area contributed by atoms with Crippen LogP contribution in [0.5, 0.6) is 0 Å². The number of nitrogen functional groups attached to an aromatic ring is 1. The van der Waals surface area contributed by atoms with Gasteiger partial charge in [0.2, 0.25) is 0 Å². The minimum absolute atomic E-state index is 0.688. The largest absolute Gasteiger partial charge is 0.375 e. The molecule has 2 nitrogen and oxygen atoms in total. The number of hydrogen-bond donors (Lipinski definition) is 1. The second-order valence-electron chi connectivity index (χ2n) is 6.73. The van der Waals surface area contributed by atoms with Gasteiger partial charge in [0.25, 0.3) is 0 Å². The van der Waals surface area contributed by atoms with Crippen LogP contribution in [0.4, 0.5) is 5.13 Å². The van der Waals surface area contributed by atoms with Gasteiger partial charge in [0, 0.05) is 5.38 Å². The standard InChI is InChI=1S/C21H32N2S/c1-2-3-4-5-6-8-12-19(18-13-9-7-10-14-18)15-11-16-20-17-24-21(22)23-20/h7,9-10,13-14,17,19H,2-6,8,11-12,15-16H2,1H3,(H2,22,23). The quantitative estimate of drug-likeness (QED) is 0.441. The lowest BCUT2D eigenvalue weighted by Gasteiger charge is -2.17. The first-order valence-corrected chi connectivity index (χ1v) is 10.4. The number of thiazole rings is 1. The minimum Gasteiger partial charge on any atom is -0.375 e. The summed E-state index contributed by atoms with van der Waals surface area (Å²) >= 11 is 1.55. The predicted molar refractivity (Wildman–Crippen MR) is 107 cm³/mol. The third-order valence-electron chi connectivity index (χ3n) is 4.73. The van der Waals surface area contributed by atoms with Crippen LogP contribution < -0.4 is 5.73 Å². The Labute approximate surface area is 151 Å². The zero-order chi connectivity index (χ0) is 17.0. The van der Waals surface area contributed by atoms with Crippen LogP contribution in [0.25, 0.3) is 0 Å². The fourth-order valence-electron chi connectivity index (χ4n) is 3.34. The van der Waals surface area contributed by atoms with Gasteiger partial charge in [-0.1, -0.05) is 75.8 Å². The van der Waals surface area contributed by atoms with Crippen LogP contribution in [-0.4, -0.2) is 4.98 Å². The maximum atomic E-state index is 5.72. The van der Waals surface area contributed by atoms with Crippen LogP contribution in [0.3, 0.4) is 0 Å². The van der Waals surface area contributed by atoms with Crippen molar-refractivity contribution < 1.29 is 0 Å². The molecule has 1 atom stereocenters. The van der Waals surface area contributed by atoms with Crippen molar-refractivity contribution in [1.29, 1.82) is 0 Å². The van der Waals surface area contributed by atoms with E-state index in [0.717, 1.165) is 12.1 Å². The lowest BCUT2D eigenvalue weighted by Crippen LogP contribution is -2.01. The molecule has 2 aromatic rings. The maximum Gasteiger partial charge on any atom is 0.180 e. The average Bonchev–Trinajstić information content (AvgIpc) is 3.02. The monoisotopic (exact) mass is 344 g/mol. The Morgan fingerprint density at radius 3 is 2.38 bits per heavy atom. The maximum absolute atomic E-state index is 5.72. The number of aromatic nitrogens is 1. The number of nitrogens with two attached hydrogens (primary N) is 1. The van der Waals surface area contributed by atoms with Crippen LogP contribution in [0.2, 0.25) is 0 Å². The summed E-state index contributed by atoms with van der Waals surface area (Å²) < 4.78 is 0. The zero-order valence-electron chi connectivity index (χ0n) is 15.0. The molecule has 0 amide bonds. The highest BCUT2D eigenvalue weighted by Gasteiger charge is 2.11. The Morgan fingerprint density at radius 1 is 0.958 bits per heavy atom. The van der Waals surface area contributed by atoms with E-state index in [4.69, 9.17) is 5.73 Å². The molecule has 0 bridgehead atoms. The fourth-order valence-corrected chi connectivity index (χ4v) is 3.94. The Kier molecular flexibility index (Phi) is 8.90. The summed E-state index contributed by atoms with van der Waals surface area (Å²) in [5.74, 6) is 0.688. The number of hydrogen-bond acceptors (Lipinski definition) is 3. The van der Waals surface area contributed by atoms with Gasteiger partial charge in [-0.15, -0.1) is 11.3 Å². The molecule has 0 aliphatic carbocycles. The molecule has 1 aromatic carbocycles. The lowest BCUT2D eigenvalue weighted by atomic mass is 9.88. The topological polar surface area (TPSA) is 38.9 Å². The average molecular weight is 345 g/mol. The Bertz CT molecular complexity index is 550. The zero-order valence-corrected chi connectivity index (χ0v) is 15.9. The molecule has 0 saturated heterocycles. The highest BCUT2D eigenvalue weighted by Crippen LogP contribution is 2.28. The number of rotatable bonds is 12. The van der Waals surface area contributed by atoms with E-state index in [1.54, 1.807) is 11.3 Å². The molecule has 0 spiro atoms. The molecule has 2 rings (SSSR count). The summed E-state index contributed by atoms with van der Waals surface area (Å²) in [5, 5.41) is 2.79. The Hall–Kier alpha value is -1.35. The van der Waals surface area contributed by atoms with Crippen molar-refractivity contribution in [2.75, 3.05) is 5.73 Å². The van der Waals surface area contributed by atoms with E-state index in [0.29, 0.717) is 11.0 Å². The van der Waals surface area contributed by atoms with Gasteiger partial charge >= 0.3 is 0 Å². The third-order valence-corrected chi connectivity index (χ3v) is 5.45. The second kappa shape index (κ2) is 11.2. The van der Waals surface area contributed by atoms with Crippen LogP contribution >= 0.6 is 11.3 Å². The predicted octanol–water partition coefficient (Wildman–Crippen LogP) is 6.58. The van der Waals surface area contributed by atoms with Crippen molar-refractivity contribution in [2.45, 2.75) is 77.0 Å². The summed E-state index contributed by atoms with van der Waals surface area (Å²) in [4.78, 5) is 4.38. The van der Waals surface area contributed by atoms with Gasteiger partial charge in [-0.3, -0.25) is 0 Å². The van der Waals surface area contributed by atoms with Gasteiger partial charge in [0.15, 0.2) is 5.13 Å². The van der Waals surface area contributed by atoms with Crippen molar-refractivity contribution >= 4 is 16.5 Å². The highest BCUT2D eigenvalue weighted by atomic mass is 32.1. The Balaban J connectivity index is 1.77. The van der Waals surface area contributed by atoms with E-state index in [2.05, 4.69) is 47.6 Å². The molecular weight excluding hydrogens is 312 g/mol. The molecule has 3 heteroatoms. The van der Waals surface area contributed by atoms with E-state index >= 15 is 0 Å². The molecule has 24 heavy (non-hydrogen) atoms. The summed E-state index contributed by atoms with van der Waals surface area (Å²) in [6.07, 6.45) is 13.1. The van der Waals surface area contributed by atoms with Crippen molar-refractivity contribution in [2.24, 2.45) is 0 Å². The molecule has 132 valence electrons. The molecule has 1 aromatic heterocycles. The first-order chi connectivity index (χ1) is 11.8. The molecule has 2 N–H and O–H groups in total. The minimum atomic E-state index is 0.688. The van der Waals surface area contributed by atoms with Gasteiger partial charge in [0.1, 0.15) is 0 Å². The molecule has 0 saturated carbocycles. The van der Waals surface area contributed by atoms with E-state index in [-0.39, 0.29) is 0 Å². The van der Waals surface area contributed by atoms with Gasteiger partial charge in [-0.2, -0.15) is 0 Å². The smallest absolute Gasteiger partial charge is 0.180 e. The second-order valence-corrected chi connectivity index (χ2v) is 7.62. The fraction of sp³-hybridized carbons (Fsp3) is 0.571. The van der Waals surface area contributed by atoms with Crippen LogP contribution in [0.1, 0.15) is 81.9 Å². The van der Waals surface area contributed by atoms with Crippen LogP contribution in [-0.2, 0) is 6.42 Å². The van der Waals surface area contributed by atoms with Crippen molar-refractivity contribution in [1.82, 2.24) is 4.98 Å². The number of benzene rings is 1. The summed E-state index contributed by atoms with van der Waals surface area (Å²) in [6, 6.07) is 11.0. The van der Waals surface area contributed by atoms with Gasteiger partial charge in [-0.25, -0.2) is 4.98 Å². The molecule has 1 heterocycles. The van der Waals surface area contributed by atoms with Gasteiger partial charge in [0.05, 0.1) is 5.69 Å². The third kappa shape index (κ3) is 7.04. The van der Waals surface area contributed by atoms with Gasteiger partial charge < -0.3 is 5.73 Å². The number of nitrogens with zero attached hydrogens (tertiary/aromatic N) is 1. The molecule has 1 unspecified atom stereocenters. The summed E-state index contributed by atoms with van der Waals surface area (Å²) in [6.45, 7) is 2.28. The SMILES string of the molecule is CCCCCCCCC(CCCc1csc(N)n1)c1ccccc1. The van der Waals surface area contributed by atoms with E-state index in [9.17, 15) is 0 Å². The first-order valence-electron chi connectivity index (χ1n) is 9.54. The Morgan fingerprint density at radius 2 is 1.67 bits per heavy atom. The van der Waals surface area contributed by atoms with Crippen molar-refractivity contribution in [3.8, 4) is 0 Å². The summed E-state index contributed by atoms with van der Waals surface area (Å²) in [7, 11) is 0. The molecule has 0 fully saturated rings. The number of unbranched alkanes of at least 4 members (excludes halogenated alkanes) is 5. The summed E-state index contributed by atoms with van der Waals surface area (Å²) in [5.41, 5.74) is 8.38. The van der Waals surface area contributed by atoms with E-state index in [1.165, 1.54) is 63.4 Å². The van der Waals surface area contributed by atoms with Crippen LogP contribution in [0.15, 0.2) is 35.7 Å². The number of aryl methyl sites for hydroxylation is 1. The lowest BCUT2D eigenvalue weighted by molar-refractivity contribution is 0.503. The normalized spacial score (nSPS) is 12.4. The first kappa shape index (κ1) is 19.0. The molecule has 0 aliphatic rings. The molecule has 0 radical (unpaired) electrons. The number of anilines is 1. The van der Waals surface area contributed by atoms with Crippen LogP contribution in [0, 0.1) is 0 Å².